The van der Waals surface area contributed by atoms with Gasteiger partial charge in [-0.1, -0.05) is 26.0 Å². The van der Waals surface area contributed by atoms with Crippen LogP contribution in [-0.2, 0) is 20.5 Å². The molecule has 0 radical (unpaired) electrons. The fourth-order valence-electron chi connectivity index (χ4n) is 2.82. The van der Waals surface area contributed by atoms with Gasteiger partial charge in [0, 0.05) is 5.56 Å². The number of amides is 3. The van der Waals surface area contributed by atoms with Gasteiger partial charge in [0.05, 0.1) is 5.56 Å². The predicted octanol–water partition coefficient (Wildman–Crippen LogP) is 2.54. The number of carbonyl (C=O) groups excluding carboxylic acids is 4. The van der Waals surface area contributed by atoms with Crippen LogP contribution in [0.3, 0.4) is 0 Å². The number of halogens is 3. The van der Waals surface area contributed by atoms with Crippen molar-refractivity contribution in [1.82, 2.24) is 10.2 Å². The Bertz CT molecular complexity index is 803. The van der Waals surface area contributed by atoms with Crippen molar-refractivity contribution in [2.45, 2.75) is 38.4 Å². The first-order chi connectivity index (χ1) is 13.0. The number of alkyl halides is 3. The molecule has 0 unspecified atom stereocenters. The summed E-state index contributed by atoms with van der Waals surface area (Å²) in [6.45, 7) is 1.94. The molecule has 2 rings (SSSR count). The first kappa shape index (κ1) is 21.4. The Morgan fingerprint density at radius 3 is 2.36 bits per heavy atom. The van der Waals surface area contributed by atoms with Gasteiger partial charge in [0.25, 0.3) is 5.91 Å². The van der Waals surface area contributed by atoms with E-state index < -0.39 is 54.1 Å². The minimum absolute atomic E-state index is 0.270. The van der Waals surface area contributed by atoms with Gasteiger partial charge in [-0.05, 0) is 25.0 Å². The molecular formula is C18H19F3N2O5. The van der Waals surface area contributed by atoms with Crippen LogP contribution in [0.2, 0.25) is 0 Å². The number of carbonyl (C=O) groups is 4. The van der Waals surface area contributed by atoms with Crippen LogP contribution in [0.15, 0.2) is 24.3 Å². The second kappa shape index (κ2) is 7.99. The van der Waals surface area contributed by atoms with Gasteiger partial charge in [-0.25, -0.2) is 4.79 Å². The average molecular weight is 400 g/mol. The molecule has 1 saturated heterocycles. The van der Waals surface area contributed by atoms with Gasteiger partial charge >= 0.3 is 18.2 Å². The minimum Gasteiger partial charge on any atom is -0.456 e. The van der Waals surface area contributed by atoms with Crippen molar-refractivity contribution in [2.75, 3.05) is 13.2 Å². The zero-order chi connectivity index (χ0) is 21.1. The summed E-state index contributed by atoms with van der Waals surface area (Å²) in [5.41, 5.74) is -2.35. The number of esters is 1. The lowest BCUT2D eigenvalue weighted by Crippen LogP contribution is -2.46. The number of hydrogen-bond donors (Lipinski definition) is 1. The van der Waals surface area contributed by atoms with Gasteiger partial charge in [0.1, 0.15) is 12.1 Å². The van der Waals surface area contributed by atoms with E-state index in [0.717, 1.165) is 12.1 Å². The Kier molecular flexibility index (Phi) is 6.10. The van der Waals surface area contributed by atoms with Crippen molar-refractivity contribution in [1.29, 1.82) is 0 Å². The van der Waals surface area contributed by atoms with Gasteiger partial charge in [-0.15, -0.1) is 0 Å². The molecule has 1 N–H and O–H groups in total. The fraction of sp³-hybridized carbons (Fsp3) is 0.444. The second-order valence-electron chi connectivity index (χ2n) is 6.27. The summed E-state index contributed by atoms with van der Waals surface area (Å²) in [5.74, 6) is -2.43. The highest BCUT2D eigenvalue weighted by molar-refractivity contribution is 6.08. The van der Waals surface area contributed by atoms with Gasteiger partial charge in [-0.3, -0.25) is 19.3 Å². The summed E-state index contributed by atoms with van der Waals surface area (Å²) in [6, 6.07) is 2.97. The molecule has 0 aromatic heterocycles. The summed E-state index contributed by atoms with van der Waals surface area (Å²) < 4.78 is 42.8. The van der Waals surface area contributed by atoms with Gasteiger partial charge in [0.15, 0.2) is 12.4 Å². The lowest BCUT2D eigenvalue weighted by molar-refractivity contribution is -0.146. The van der Waals surface area contributed by atoms with Crippen molar-refractivity contribution in [3.63, 3.8) is 0 Å². The Balaban J connectivity index is 1.97. The molecule has 28 heavy (non-hydrogen) atoms. The molecular weight excluding hydrogens is 381 g/mol. The van der Waals surface area contributed by atoms with E-state index in [-0.39, 0.29) is 5.56 Å². The summed E-state index contributed by atoms with van der Waals surface area (Å²) >= 11 is 0. The van der Waals surface area contributed by atoms with Crippen LogP contribution in [0.5, 0.6) is 0 Å². The van der Waals surface area contributed by atoms with Crippen LogP contribution in [0.1, 0.15) is 42.6 Å². The molecule has 1 aromatic carbocycles. The molecule has 0 bridgehead atoms. The monoisotopic (exact) mass is 400 g/mol. The van der Waals surface area contributed by atoms with Crippen LogP contribution >= 0.6 is 0 Å². The summed E-state index contributed by atoms with van der Waals surface area (Å²) in [7, 11) is 0. The average Bonchev–Trinajstić information content (AvgIpc) is 2.90. The van der Waals surface area contributed by atoms with Crippen LogP contribution in [0.25, 0.3) is 0 Å². The molecule has 1 aliphatic rings. The minimum atomic E-state index is -4.61. The summed E-state index contributed by atoms with van der Waals surface area (Å²) in [4.78, 5) is 48.9. The molecule has 0 aliphatic carbocycles. The predicted molar refractivity (Wildman–Crippen MR) is 90.3 cm³/mol. The Hall–Kier alpha value is -2.91. The lowest BCUT2D eigenvalue weighted by Gasteiger charge is -2.22. The van der Waals surface area contributed by atoms with E-state index in [2.05, 4.69) is 5.32 Å². The van der Waals surface area contributed by atoms with E-state index in [0.29, 0.717) is 23.8 Å². The van der Waals surface area contributed by atoms with E-state index in [4.69, 9.17) is 4.74 Å². The molecule has 1 aliphatic heterocycles. The zero-order valence-corrected chi connectivity index (χ0v) is 15.3. The maximum atomic E-state index is 12.7. The number of hydrogen-bond acceptors (Lipinski definition) is 5. The molecule has 1 fully saturated rings. The zero-order valence-electron chi connectivity index (χ0n) is 15.3. The highest BCUT2D eigenvalue weighted by Crippen LogP contribution is 2.29. The molecule has 3 amide bonds. The van der Waals surface area contributed by atoms with Gasteiger partial charge in [-0.2, -0.15) is 13.2 Å². The normalized spacial score (nSPS) is 16.1. The number of nitrogens with zero attached hydrogens (tertiary/aromatic N) is 1. The number of benzene rings is 1. The maximum absolute atomic E-state index is 12.7. The quantitative estimate of drug-likeness (QED) is 0.431. The summed E-state index contributed by atoms with van der Waals surface area (Å²) in [6.07, 6.45) is -3.93. The van der Waals surface area contributed by atoms with Crippen LogP contribution in [0.4, 0.5) is 18.0 Å². The standard InChI is InChI=1S/C18H19F3N2O5/c1-3-17(4-2)15(26)23(16(27)22-17)9-14(25)28-10-13(24)11-6-5-7-12(8-11)18(19,20)21/h5-8H,3-4,9-10H2,1-2H3,(H,22,27). The number of ketones is 1. The number of urea groups is 1. The third-order valence-electron chi connectivity index (χ3n) is 4.62. The van der Waals surface area contributed by atoms with Crippen LogP contribution in [0, 0.1) is 0 Å². The van der Waals surface area contributed by atoms with Crippen LogP contribution < -0.4 is 5.32 Å². The largest absolute Gasteiger partial charge is 0.456 e. The van der Waals surface area contributed by atoms with E-state index in [1.807, 2.05) is 0 Å². The van der Waals surface area contributed by atoms with Crippen molar-refractivity contribution in [2.24, 2.45) is 0 Å². The highest BCUT2D eigenvalue weighted by atomic mass is 19.4. The van der Waals surface area contributed by atoms with E-state index in [9.17, 15) is 32.3 Å². The third kappa shape index (κ3) is 4.32. The number of ether oxygens (including phenoxy) is 1. The molecule has 0 saturated carbocycles. The van der Waals surface area contributed by atoms with Crippen molar-refractivity contribution in [3.8, 4) is 0 Å². The summed E-state index contributed by atoms with van der Waals surface area (Å²) in [5, 5.41) is 2.54. The number of rotatable bonds is 7. The molecule has 7 nitrogen and oxygen atoms in total. The second-order valence-corrected chi connectivity index (χ2v) is 6.27. The Labute approximate surface area is 158 Å². The molecule has 10 heteroatoms. The number of nitrogens with one attached hydrogen (secondary N) is 1. The van der Waals surface area contributed by atoms with Crippen molar-refractivity contribution in [3.05, 3.63) is 35.4 Å². The van der Waals surface area contributed by atoms with E-state index >= 15 is 0 Å². The first-order valence-electron chi connectivity index (χ1n) is 8.54. The van der Waals surface area contributed by atoms with Crippen molar-refractivity contribution < 1.29 is 37.1 Å². The lowest BCUT2D eigenvalue weighted by atomic mass is 9.93. The molecule has 1 heterocycles. The SMILES string of the molecule is CCC1(CC)NC(=O)N(CC(=O)OCC(=O)c2cccc(C(F)(F)F)c2)C1=O. The fourth-order valence-corrected chi connectivity index (χ4v) is 2.82. The Morgan fingerprint density at radius 2 is 1.82 bits per heavy atom. The maximum Gasteiger partial charge on any atom is 0.416 e. The van der Waals surface area contributed by atoms with Crippen LogP contribution in [-0.4, -0.2) is 47.3 Å². The van der Waals surface area contributed by atoms with Gasteiger partial charge < -0.3 is 10.1 Å². The van der Waals surface area contributed by atoms with Gasteiger partial charge in [0.2, 0.25) is 0 Å². The third-order valence-corrected chi connectivity index (χ3v) is 4.62. The molecule has 152 valence electrons. The topological polar surface area (TPSA) is 92.8 Å². The first-order valence-corrected chi connectivity index (χ1v) is 8.54. The molecule has 0 atom stereocenters. The number of Topliss-reactive ketones (excluding diaryl/α,β-unsaturated/α-hetero) is 1. The van der Waals surface area contributed by atoms with E-state index in [1.165, 1.54) is 6.07 Å². The smallest absolute Gasteiger partial charge is 0.416 e. The molecule has 0 spiro atoms. The molecule has 1 aromatic rings. The van der Waals surface area contributed by atoms with E-state index in [1.54, 1.807) is 13.8 Å². The Morgan fingerprint density at radius 1 is 1.18 bits per heavy atom. The van der Waals surface area contributed by atoms with Crippen molar-refractivity contribution >= 4 is 23.7 Å². The highest BCUT2D eigenvalue weighted by Gasteiger charge is 2.49. The number of imide groups is 1.